The number of hydroxylamine groups is 1. The van der Waals surface area contributed by atoms with E-state index in [2.05, 4.69) is 21.8 Å². The molecule has 0 spiro atoms. The molecule has 1 fully saturated rings. The quantitative estimate of drug-likeness (QED) is 0.219. The Morgan fingerprint density at radius 3 is 2.57 bits per heavy atom. The van der Waals surface area contributed by atoms with Gasteiger partial charge in [-0.2, -0.15) is 0 Å². The first-order valence-electron chi connectivity index (χ1n) is 11.6. The summed E-state index contributed by atoms with van der Waals surface area (Å²) < 4.78 is 37.9. The average molecular weight is 503 g/mol. The van der Waals surface area contributed by atoms with Gasteiger partial charge in [0, 0.05) is 26.3 Å². The van der Waals surface area contributed by atoms with Crippen molar-refractivity contribution in [3.63, 3.8) is 0 Å². The maximum absolute atomic E-state index is 13.3. The van der Waals surface area contributed by atoms with E-state index in [1.165, 1.54) is 17.6 Å². The van der Waals surface area contributed by atoms with Crippen LogP contribution in [0.2, 0.25) is 0 Å². The predicted molar refractivity (Wildman–Crippen MR) is 130 cm³/mol. The number of fused-ring (bicyclic) bond motifs is 1. The lowest BCUT2D eigenvalue weighted by molar-refractivity contribution is -0.134. The van der Waals surface area contributed by atoms with Gasteiger partial charge in [0.05, 0.1) is 22.5 Å². The number of amides is 1. The lowest BCUT2D eigenvalue weighted by Gasteiger charge is -2.34. The molecule has 4 rings (SSSR count). The highest BCUT2D eigenvalue weighted by Gasteiger charge is 2.52. The Balaban J connectivity index is 1.34. The standard InChI is InChI=1S/C24H30N4O6S/c1-2-28-21-7-4-3-6-20(21)26-23(28)25-14-5-15-34-18-8-10-19(11-9-18)35(31,32)24(22(29)27-30)12-16-33-17-13-24/h3-4,6-11,30H,2,5,12-17H2,1H3,(H,25,26)(H,27,29). The summed E-state index contributed by atoms with van der Waals surface area (Å²) in [5, 5.41) is 12.5. The number of anilines is 1. The summed E-state index contributed by atoms with van der Waals surface area (Å²) in [4.78, 5) is 17.0. The van der Waals surface area contributed by atoms with E-state index < -0.39 is 20.5 Å². The summed E-state index contributed by atoms with van der Waals surface area (Å²) in [5.41, 5.74) is 3.55. The number of benzene rings is 2. The van der Waals surface area contributed by atoms with Crippen LogP contribution in [0.3, 0.4) is 0 Å². The second-order valence-electron chi connectivity index (χ2n) is 8.32. The van der Waals surface area contributed by atoms with Gasteiger partial charge in [0.2, 0.25) is 5.95 Å². The Morgan fingerprint density at radius 1 is 1.17 bits per heavy atom. The summed E-state index contributed by atoms with van der Waals surface area (Å²) in [6.45, 7) is 4.22. The van der Waals surface area contributed by atoms with Crippen LogP contribution in [0.25, 0.3) is 11.0 Å². The number of para-hydroxylation sites is 2. The number of nitrogens with zero attached hydrogens (tertiary/aromatic N) is 2. The Bertz CT molecular complexity index is 1270. The van der Waals surface area contributed by atoms with Crippen LogP contribution in [0, 0.1) is 0 Å². The molecule has 1 amide bonds. The maximum atomic E-state index is 13.3. The van der Waals surface area contributed by atoms with Crippen LogP contribution >= 0.6 is 0 Å². The summed E-state index contributed by atoms with van der Waals surface area (Å²) >= 11 is 0. The topological polar surface area (TPSA) is 132 Å². The molecule has 1 aliphatic rings. The van der Waals surface area contributed by atoms with Crippen molar-refractivity contribution in [2.24, 2.45) is 0 Å². The zero-order valence-corrected chi connectivity index (χ0v) is 20.4. The predicted octanol–water partition coefficient (Wildman–Crippen LogP) is 2.77. The molecule has 35 heavy (non-hydrogen) atoms. The Labute approximate surface area is 204 Å². The van der Waals surface area contributed by atoms with Gasteiger partial charge in [0.25, 0.3) is 5.91 Å². The van der Waals surface area contributed by atoms with Gasteiger partial charge in [0.15, 0.2) is 14.6 Å². The Kier molecular flexibility index (Phi) is 7.58. The molecule has 0 radical (unpaired) electrons. The zero-order chi connectivity index (χ0) is 24.9. The van der Waals surface area contributed by atoms with E-state index in [1.54, 1.807) is 12.1 Å². The van der Waals surface area contributed by atoms with Gasteiger partial charge in [-0.15, -0.1) is 0 Å². The van der Waals surface area contributed by atoms with E-state index >= 15 is 0 Å². The van der Waals surface area contributed by atoms with Crippen LogP contribution in [-0.2, 0) is 25.9 Å². The first-order chi connectivity index (χ1) is 16.9. The number of nitrogens with one attached hydrogen (secondary N) is 2. The van der Waals surface area contributed by atoms with E-state index in [9.17, 15) is 13.2 Å². The number of ether oxygens (including phenoxy) is 2. The van der Waals surface area contributed by atoms with Gasteiger partial charge < -0.3 is 19.4 Å². The normalized spacial score (nSPS) is 15.6. The molecular weight excluding hydrogens is 472 g/mol. The highest BCUT2D eigenvalue weighted by Crippen LogP contribution is 2.35. The number of carbonyl (C=O) groups excluding carboxylic acids is 1. The number of carbonyl (C=O) groups is 1. The molecule has 0 saturated carbocycles. The van der Waals surface area contributed by atoms with Crippen molar-refractivity contribution < 1.29 is 27.9 Å². The van der Waals surface area contributed by atoms with Crippen LogP contribution in [0.15, 0.2) is 53.4 Å². The number of imidazole rings is 1. The lowest BCUT2D eigenvalue weighted by Crippen LogP contribution is -2.54. The molecule has 0 aliphatic carbocycles. The minimum Gasteiger partial charge on any atom is -0.494 e. The summed E-state index contributed by atoms with van der Waals surface area (Å²) in [7, 11) is -4.06. The van der Waals surface area contributed by atoms with Crippen molar-refractivity contribution in [2.75, 3.05) is 31.7 Å². The monoisotopic (exact) mass is 502 g/mol. The highest BCUT2D eigenvalue weighted by atomic mass is 32.2. The largest absolute Gasteiger partial charge is 0.494 e. The molecule has 11 heteroatoms. The molecule has 3 N–H and O–H groups in total. The van der Waals surface area contributed by atoms with Crippen LogP contribution < -0.4 is 15.5 Å². The van der Waals surface area contributed by atoms with Gasteiger partial charge in [0.1, 0.15) is 5.75 Å². The number of aryl methyl sites for hydroxylation is 1. The molecular formula is C24H30N4O6S. The second kappa shape index (κ2) is 10.6. The van der Waals surface area contributed by atoms with Crippen LogP contribution in [0.1, 0.15) is 26.2 Å². The van der Waals surface area contributed by atoms with E-state index in [-0.39, 0.29) is 31.0 Å². The summed E-state index contributed by atoms with van der Waals surface area (Å²) in [6.07, 6.45) is 0.657. The highest BCUT2D eigenvalue weighted by molar-refractivity contribution is 7.93. The van der Waals surface area contributed by atoms with E-state index in [4.69, 9.17) is 14.7 Å². The molecule has 3 aromatic rings. The molecule has 2 heterocycles. The molecule has 1 aliphatic heterocycles. The van der Waals surface area contributed by atoms with E-state index in [0.717, 1.165) is 23.5 Å². The maximum Gasteiger partial charge on any atom is 0.265 e. The molecule has 0 bridgehead atoms. The minimum absolute atomic E-state index is 0.00418. The van der Waals surface area contributed by atoms with Gasteiger partial charge in [-0.25, -0.2) is 18.9 Å². The first kappa shape index (κ1) is 25.0. The third-order valence-corrected chi connectivity index (χ3v) is 8.82. The molecule has 0 unspecified atom stereocenters. The second-order valence-corrected chi connectivity index (χ2v) is 10.6. The van der Waals surface area contributed by atoms with Crippen molar-refractivity contribution in [1.29, 1.82) is 0 Å². The van der Waals surface area contributed by atoms with E-state index in [0.29, 0.717) is 25.3 Å². The fourth-order valence-corrected chi connectivity index (χ4v) is 6.29. The summed E-state index contributed by atoms with van der Waals surface area (Å²) in [5.74, 6) is 0.403. The third-order valence-electron chi connectivity index (χ3n) is 6.31. The van der Waals surface area contributed by atoms with Crippen molar-refractivity contribution in [2.45, 2.75) is 42.4 Å². The number of aromatic nitrogens is 2. The fraction of sp³-hybridized carbons (Fsp3) is 0.417. The molecule has 10 nitrogen and oxygen atoms in total. The zero-order valence-electron chi connectivity index (χ0n) is 19.6. The van der Waals surface area contributed by atoms with Crippen molar-refractivity contribution in [1.82, 2.24) is 15.0 Å². The fourth-order valence-electron chi connectivity index (χ4n) is 4.35. The number of rotatable bonds is 10. The van der Waals surface area contributed by atoms with Gasteiger partial charge in [-0.3, -0.25) is 10.0 Å². The lowest BCUT2D eigenvalue weighted by atomic mass is 9.98. The van der Waals surface area contributed by atoms with Crippen molar-refractivity contribution in [3.05, 3.63) is 48.5 Å². The minimum atomic E-state index is -4.06. The average Bonchev–Trinajstić information content (AvgIpc) is 3.26. The molecule has 1 saturated heterocycles. The number of hydrogen-bond donors (Lipinski definition) is 3. The number of hydrogen-bond acceptors (Lipinski definition) is 8. The van der Waals surface area contributed by atoms with Crippen LogP contribution in [0.5, 0.6) is 5.75 Å². The molecule has 1 aromatic heterocycles. The molecule has 0 atom stereocenters. The Morgan fingerprint density at radius 2 is 1.89 bits per heavy atom. The van der Waals surface area contributed by atoms with E-state index in [1.807, 2.05) is 24.3 Å². The van der Waals surface area contributed by atoms with Crippen molar-refractivity contribution in [3.8, 4) is 5.75 Å². The van der Waals surface area contributed by atoms with Gasteiger partial charge in [-0.1, -0.05) is 12.1 Å². The number of sulfone groups is 1. The first-order valence-corrected chi connectivity index (χ1v) is 13.1. The van der Waals surface area contributed by atoms with Crippen LogP contribution in [0.4, 0.5) is 5.95 Å². The van der Waals surface area contributed by atoms with Gasteiger partial charge in [-0.05, 0) is 62.6 Å². The molecule has 188 valence electrons. The van der Waals surface area contributed by atoms with Gasteiger partial charge >= 0.3 is 0 Å². The third kappa shape index (κ3) is 4.84. The van der Waals surface area contributed by atoms with Crippen molar-refractivity contribution >= 4 is 32.7 Å². The Hall–Kier alpha value is -3.15. The molecule has 2 aromatic carbocycles. The summed E-state index contributed by atoms with van der Waals surface area (Å²) in [6, 6.07) is 14.0. The smallest absolute Gasteiger partial charge is 0.265 e. The van der Waals surface area contributed by atoms with Crippen LogP contribution in [-0.4, -0.2) is 60.2 Å². The SMILES string of the molecule is CCn1c(NCCCOc2ccc(S(=O)(=O)C3(C(=O)NO)CCOCC3)cc2)nc2ccccc21.